The zero-order chi connectivity index (χ0) is 28.0. The van der Waals surface area contributed by atoms with Gasteiger partial charge in [-0.2, -0.15) is 0 Å². The maximum absolute atomic E-state index is 14.2. The van der Waals surface area contributed by atoms with Crippen LogP contribution in [0.4, 0.5) is 5.69 Å². The Hall–Kier alpha value is -3.89. The predicted molar refractivity (Wildman–Crippen MR) is 150 cm³/mol. The fourth-order valence-electron chi connectivity index (χ4n) is 5.04. The Bertz CT molecular complexity index is 1740. The van der Waals surface area contributed by atoms with E-state index in [4.69, 9.17) is 26.1 Å². The maximum Gasteiger partial charge on any atom is 0.271 e. The van der Waals surface area contributed by atoms with Crippen molar-refractivity contribution in [3.05, 3.63) is 83.5 Å². The third-order valence-electron chi connectivity index (χ3n) is 6.96. The van der Waals surface area contributed by atoms with Crippen LogP contribution in [0.3, 0.4) is 0 Å². The molecule has 2 amide bonds. The third-order valence-corrected chi connectivity index (χ3v) is 8.25. The lowest BCUT2D eigenvalue weighted by atomic mass is 9.93. The van der Waals surface area contributed by atoms with E-state index in [1.54, 1.807) is 55.3 Å². The van der Waals surface area contributed by atoms with Crippen LogP contribution in [0.25, 0.3) is 5.57 Å². The quantitative estimate of drug-likeness (QED) is 0.494. The number of likely N-dealkylation sites (N-methyl/N-ethyl adjacent to an activating group) is 1. The average molecular weight is 567 g/mol. The number of hydrogen-bond donors (Lipinski definition) is 1. The second-order valence-corrected chi connectivity index (χ2v) is 10.4. The van der Waals surface area contributed by atoms with E-state index in [1.165, 1.54) is 11.7 Å². The van der Waals surface area contributed by atoms with Crippen molar-refractivity contribution in [2.75, 3.05) is 32.6 Å². The summed E-state index contributed by atoms with van der Waals surface area (Å²) in [6, 6.07) is 9.42. The van der Waals surface area contributed by atoms with Gasteiger partial charge in [0.15, 0.2) is 4.80 Å². The largest absolute Gasteiger partial charge is 0.497 e. The Labute approximate surface area is 233 Å². The molecule has 1 atom stereocenters. The zero-order valence-electron chi connectivity index (χ0n) is 22.1. The molecule has 5 rings (SSSR count). The van der Waals surface area contributed by atoms with Crippen molar-refractivity contribution in [1.82, 2.24) is 9.47 Å². The molecule has 3 aromatic rings. The molecule has 11 heteroatoms. The van der Waals surface area contributed by atoms with Crippen LogP contribution < -0.4 is 29.7 Å². The molecular weight excluding hydrogens is 540 g/mol. The summed E-state index contributed by atoms with van der Waals surface area (Å²) in [6.07, 6.45) is 0. The van der Waals surface area contributed by atoms with Crippen molar-refractivity contribution < 1.29 is 19.1 Å². The van der Waals surface area contributed by atoms with Crippen LogP contribution in [0.2, 0.25) is 5.02 Å². The molecule has 9 nitrogen and oxygen atoms in total. The van der Waals surface area contributed by atoms with Crippen LogP contribution in [0.15, 0.2) is 57.5 Å². The fourth-order valence-corrected chi connectivity index (χ4v) is 6.35. The first-order valence-electron chi connectivity index (χ1n) is 12.4. The number of benzene rings is 2. The molecule has 39 heavy (non-hydrogen) atoms. The maximum atomic E-state index is 14.2. The lowest BCUT2D eigenvalue weighted by Gasteiger charge is -2.30. The first-order valence-corrected chi connectivity index (χ1v) is 13.6. The molecule has 0 fully saturated rings. The third kappa shape index (κ3) is 4.33. The van der Waals surface area contributed by atoms with Gasteiger partial charge in [0.2, 0.25) is 0 Å². The normalized spacial score (nSPS) is 17.3. The van der Waals surface area contributed by atoms with Crippen molar-refractivity contribution >= 4 is 46.0 Å². The van der Waals surface area contributed by atoms with Crippen molar-refractivity contribution in [3.63, 3.8) is 0 Å². The van der Waals surface area contributed by atoms with Gasteiger partial charge in [0, 0.05) is 34.9 Å². The Balaban J connectivity index is 1.86. The number of allylic oxidation sites excluding steroid dienone is 1. The number of carbonyl (C=O) groups is 2. The van der Waals surface area contributed by atoms with E-state index < -0.39 is 17.5 Å². The highest BCUT2D eigenvalue weighted by atomic mass is 35.5. The van der Waals surface area contributed by atoms with Gasteiger partial charge < -0.3 is 19.7 Å². The van der Waals surface area contributed by atoms with E-state index >= 15 is 0 Å². The van der Waals surface area contributed by atoms with Crippen LogP contribution >= 0.6 is 22.9 Å². The van der Waals surface area contributed by atoms with Gasteiger partial charge in [-0.25, -0.2) is 4.99 Å². The first-order chi connectivity index (χ1) is 18.7. The molecule has 2 aliphatic rings. The van der Waals surface area contributed by atoms with Gasteiger partial charge in [0.05, 0.1) is 31.1 Å². The Kier molecular flexibility index (Phi) is 7.09. The highest BCUT2D eigenvalue weighted by Gasteiger charge is 2.37. The van der Waals surface area contributed by atoms with Crippen molar-refractivity contribution in [3.8, 4) is 11.5 Å². The molecule has 202 valence electrons. The Morgan fingerprint density at radius 2 is 1.87 bits per heavy atom. The number of thiazole rings is 1. The molecule has 0 radical (unpaired) electrons. The van der Waals surface area contributed by atoms with E-state index in [0.29, 0.717) is 62.5 Å². The molecule has 2 aromatic carbocycles. The average Bonchev–Trinajstić information content (AvgIpc) is 3.42. The number of hydrogen-bond acceptors (Lipinski definition) is 7. The molecule has 0 saturated carbocycles. The van der Waals surface area contributed by atoms with Crippen molar-refractivity contribution in [2.45, 2.75) is 26.8 Å². The standard InChI is InChI=1S/C28H27ClN4O5S/c1-6-32(7-2)26(35)21-14(3)30-28-33(23(21)18-13-16(37-4)9-11-20(18)38-5)27(36)24(39-28)22-17-12-15(29)8-10-19(17)31-25(22)34/h8-13,23H,6-7H2,1-5H3,(H,31,34)/b24-22+/t23-/m1/s1. The molecule has 2 aliphatic heterocycles. The van der Waals surface area contributed by atoms with Gasteiger partial charge in [0.1, 0.15) is 22.1 Å². The Morgan fingerprint density at radius 3 is 2.54 bits per heavy atom. The van der Waals surface area contributed by atoms with Crippen LogP contribution in [-0.4, -0.2) is 48.6 Å². The first kappa shape index (κ1) is 26.7. The summed E-state index contributed by atoms with van der Waals surface area (Å²) in [7, 11) is 3.08. The number of halogens is 1. The number of fused-ring (bicyclic) bond motifs is 2. The number of nitrogens with one attached hydrogen (secondary N) is 1. The minimum absolute atomic E-state index is 0.212. The number of nitrogens with zero attached hydrogens (tertiary/aromatic N) is 3. The summed E-state index contributed by atoms with van der Waals surface area (Å²) in [6.45, 7) is 6.53. The minimum Gasteiger partial charge on any atom is -0.497 e. The molecule has 0 spiro atoms. The second-order valence-electron chi connectivity index (χ2n) is 9.01. The van der Waals surface area contributed by atoms with Gasteiger partial charge >= 0.3 is 0 Å². The Morgan fingerprint density at radius 1 is 1.13 bits per heavy atom. The van der Waals surface area contributed by atoms with Gasteiger partial charge in [-0.3, -0.25) is 19.0 Å². The topological polar surface area (TPSA) is 102 Å². The molecule has 0 saturated heterocycles. The minimum atomic E-state index is -0.864. The van der Waals surface area contributed by atoms with Crippen LogP contribution in [-0.2, 0) is 9.59 Å². The number of anilines is 1. The lowest BCUT2D eigenvalue weighted by molar-refractivity contribution is -0.127. The highest BCUT2D eigenvalue weighted by Crippen LogP contribution is 2.38. The zero-order valence-corrected chi connectivity index (χ0v) is 23.7. The number of carbonyl (C=O) groups excluding carboxylic acids is 2. The van der Waals surface area contributed by atoms with Crippen LogP contribution in [0, 0.1) is 0 Å². The molecule has 0 aliphatic carbocycles. The number of amides is 2. The summed E-state index contributed by atoms with van der Waals surface area (Å²) in [5.41, 5.74) is 2.31. The van der Waals surface area contributed by atoms with Gasteiger partial charge in [-0.1, -0.05) is 22.9 Å². The van der Waals surface area contributed by atoms with E-state index in [9.17, 15) is 14.4 Å². The lowest BCUT2D eigenvalue weighted by Crippen LogP contribution is -2.43. The van der Waals surface area contributed by atoms with Crippen LogP contribution in [0.1, 0.15) is 37.9 Å². The van der Waals surface area contributed by atoms with Crippen LogP contribution in [0.5, 0.6) is 11.5 Å². The van der Waals surface area contributed by atoms with E-state index in [2.05, 4.69) is 5.32 Å². The molecule has 3 heterocycles. The molecule has 0 bridgehead atoms. The summed E-state index contributed by atoms with van der Waals surface area (Å²) < 4.78 is 12.9. The van der Waals surface area contributed by atoms with E-state index in [-0.39, 0.29) is 16.0 Å². The number of methoxy groups -OCH3 is 2. The second kappa shape index (κ2) is 10.3. The molecule has 1 N–H and O–H groups in total. The highest BCUT2D eigenvalue weighted by molar-refractivity contribution is 7.07. The summed E-state index contributed by atoms with van der Waals surface area (Å²) in [4.78, 5) is 47.9. The summed E-state index contributed by atoms with van der Waals surface area (Å²) >= 11 is 7.34. The predicted octanol–water partition coefficient (Wildman–Crippen LogP) is 3.10. The van der Waals surface area contributed by atoms with Gasteiger partial charge in [-0.05, 0) is 57.2 Å². The number of ether oxygens (including phenoxy) is 2. The smallest absolute Gasteiger partial charge is 0.271 e. The monoisotopic (exact) mass is 566 g/mol. The SMILES string of the molecule is CCN(CC)C(=O)C1=C(C)N=c2s/c(=C3/C(=O)Nc4ccc(Cl)cc43)c(=O)n2[C@@H]1c1cc(OC)ccc1OC. The number of aromatic nitrogens is 1. The fraction of sp³-hybridized carbons (Fsp3) is 0.286. The van der Waals surface area contributed by atoms with Gasteiger partial charge in [-0.15, -0.1) is 0 Å². The summed E-state index contributed by atoms with van der Waals surface area (Å²) in [5, 5.41) is 3.25. The van der Waals surface area contributed by atoms with Gasteiger partial charge in [0.25, 0.3) is 17.4 Å². The van der Waals surface area contributed by atoms with E-state index in [1.807, 2.05) is 13.8 Å². The van der Waals surface area contributed by atoms with Crippen molar-refractivity contribution in [1.29, 1.82) is 0 Å². The summed E-state index contributed by atoms with van der Waals surface area (Å²) in [5.74, 6) is 0.390. The number of rotatable bonds is 6. The molecule has 0 unspecified atom stereocenters. The molecular formula is C28H27ClN4O5S. The van der Waals surface area contributed by atoms with Crippen molar-refractivity contribution in [2.24, 2.45) is 4.99 Å². The molecule has 1 aromatic heterocycles. The van der Waals surface area contributed by atoms with E-state index in [0.717, 1.165) is 11.3 Å².